The van der Waals surface area contributed by atoms with E-state index in [2.05, 4.69) is 0 Å². The lowest BCUT2D eigenvalue weighted by molar-refractivity contribution is 0.0644. The van der Waals surface area contributed by atoms with Gasteiger partial charge in [0.25, 0.3) is 5.91 Å². The zero-order valence-corrected chi connectivity index (χ0v) is 11.1. The summed E-state index contributed by atoms with van der Waals surface area (Å²) in [5, 5.41) is 0. The highest BCUT2D eigenvalue weighted by Crippen LogP contribution is 2.26. The van der Waals surface area contributed by atoms with E-state index in [1.54, 1.807) is 12.1 Å². The van der Waals surface area contributed by atoms with Gasteiger partial charge in [-0.1, -0.05) is 11.6 Å². The van der Waals surface area contributed by atoms with Gasteiger partial charge in [0, 0.05) is 18.5 Å². The number of rotatable bonds is 2. The van der Waals surface area contributed by atoms with Crippen LogP contribution in [0.2, 0.25) is 4.34 Å². The van der Waals surface area contributed by atoms with Gasteiger partial charge in [-0.25, -0.2) is 0 Å². The van der Waals surface area contributed by atoms with Crippen LogP contribution in [0.15, 0.2) is 12.1 Å². The number of nitrogens with zero attached hydrogens (tertiary/aromatic N) is 1. The topological polar surface area (TPSA) is 20.3 Å². The van der Waals surface area contributed by atoms with E-state index >= 15 is 0 Å². The van der Waals surface area contributed by atoms with E-state index in [-0.39, 0.29) is 11.9 Å². The first-order chi connectivity index (χ1) is 7.72. The van der Waals surface area contributed by atoms with Gasteiger partial charge in [0.15, 0.2) is 0 Å². The second kappa shape index (κ2) is 5.39. The number of piperidine rings is 1. The lowest BCUT2D eigenvalue weighted by Gasteiger charge is -2.34. The van der Waals surface area contributed by atoms with Crippen LogP contribution in [0.4, 0.5) is 0 Å². The Labute approximate surface area is 109 Å². The fraction of sp³-hybridized carbons (Fsp3) is 0.545. The van der Waals surface area contributed by atoms with Crippen molar-refractivity contribution < 1.29 is 4.79 Å². The van der Waals surface area contributed by atoms with Crippen molar-refractivity contribution in [2.75, 3.05) is 12.4 Å². The monoisotopic (exact) mass is 277 g/mol. The number of hydrogen-bond acceptors (Lipinski definition) is 2. The molecule has 1 aliphatic rings. The summed E-state index contributed by atoms with van der Waals surface area (Å²) in [5.74, 6) is 0.590. The molecule has 88 valence electrons. The van der Waals surface area contributed by atoms with Crippen LogP contribution < -0.4 is 0 Å². The number of amides is 1. The Morgan fingerprint density at radius 3 is 2.94 bits per heavy atom. The highest BCUT2D eigenvalue weighted by atomic mass is 35.5. The van der Waals surface area contributed by atoms with Crippen LogP contribution in [0.25, 0.3) is 0 Å². The molecule has 0 bridgehead atoms. The van der Waals surface area contributed by atoms with Gasteiger partial charge in [-0.05, 0) is 31.4 Å². The molecule has 2 nitrogen and oxygen atoms in total. The van der Waals surface area contributed by atoms with E-state index in [1.807, 2.05) is 4.90 Å². The van der Waals surface area contributed by atoms with Gasteiger partial charge in [-0.2, -0.15) is 0 Å². The van der Waals surface area contributed by atoms with Crippen molar-refractivity contribution in [3.05, 3.63) is 21.3 Å². The summed E-state index contributed by atoms with van der Waals surface area (Å²) in [5.41, 5.74) is 0. The highest BCUT2D eigenvalue weighted by Gasteiger charge is 2.27. The SMILES string of the molecule is O=C(c1ccc(Cl)s1)N1CCCCC1CCl. The van der Waals surface area contributed by atoms with E-state index in [1.165, 1.54) is 11.3 Å². The number of carbonyl (C=O) groups excluding carboxylic acids is 1. The van der Waals surface area contributed by atoms with Crippen LogP contribution in [-0.2, 0) is 0 Å². The summed E-state index contributed by atoms with van der Waals surface area (Å²) in [6, 6.07) is 3.73. The molecule has 1 fully saturated rings. The summed E-state index contributed by atoms with van der Waals surface area (Å²) in [6.07, 6.45) is 3.24. The van der Waals surface area contributed by atoms with Crippen molar-refractivity contribution in [3.63, 3.8) is 0 Å². The largest absolute Gasteiger partial charge is 0.334 e. The number of thiophene rings is 1. The van der Waals surface area contributed by atoms with Crippen LogP contribution in [-0.4, -0.2) is 29.3 Å². The van der Waals surface area contributed by atoms with Gasteiger partial charge in [0.2, 0.25) is 0 Å². The van der Waals surface area contributed by atoms with E-state index in [4.69, 9.17) is 23.2 Å². The standard InChI is InChI=1S/C11H13Cl2NOS/c12-7-8-3-1-2-6-14(8)11(15)9-4-5-10(13)16-9/h4-5,8H,1-3,6-7H2. The second-order valence-electron chi connectivity index (χ2n) is 3.91. The zero-order valence-electron chi connectivity index (χ0n) is 8.79. The number of halogens is 2. The predicted molar refractivity (Wildman–Crippen MR) is 68.7 cm³/mol. The van der Waals surface area contributed by atoms with Gasteiger partial charge < -0.3 is 4.90 Å². The van der Waals surface area contributed by atoms with Crippen molar-refractivity contribution in [2.24, 2.45) is 0 Å². The van der Waals surface area contributed by atoms with Crippen LogP contribution in [0, 0.1) is 0 Å². The van der Waals surface area contributed by atoms with Crippen LogP contribution >= 0.6 is 34.5 Å². The van der Waals surface area contributed by atoms with E-state index in [0.29, 0.717) is 15.1 Å². The van der Waals surface area contributed by atoms with Crippen molar-refractivity contribution in [3.8, 4) is 0 Å². The third-order valence-electron chi connectivity index (χ3n) is 2.85. The third kappa shape index (κ3) is 2.53. The molecule has 0 spiro atoms. The number of carbonyl (C=O) groups is 1. The van der Waals surface area contributed by atoms with Crippen molar-refractivity contribution in [1.29, 1.82) is 0 Å². The molecule has 1 unspecified atom stereocenters. The summed E-state index contributed by atoms with van der Waals surface area (Å²) in [6.45, 7) is 0.811. The van der Waals surface area contributed by atoms with Crippen LogP contribution in [0.1, 0.15) is 28.9 Å². The molecule has 0 aromatic carbocycles. The second-order valence-corrected chi connectivity index (χ2v) is 5.93. The van der Waals surface area contributed by atoms with Gasteiger partial charge in [0.05, 0.1) is 9.21 Å². The fourth-order valence-electron chi connectivity index (χ4n) is 2.00. The maximum absolute atomic E-state index is 12.2. The number of likely N-dealkylation sites (tertiary alicyclic amines) is 1. The lowest BCUT2D eigenvalue weighted by Crippen LogP contribution is -2.44. The molecule has 1 amide bonds. The minimum absolute atomic E-state index is 0.0715. The van der Waals surface area contributed by atoms with Crippen LogP contribution in [0.5, 0.6) is 0 Å². The molecule has 0 N–H and O–H groups in total. The smallest absolute Gasteiger partial charge is 0.264 e. The molecule has 1 aromatic heterocycles. The Morgan fingerprint density at radius 1 is 1.50 bits per heavy atom. The Kier molecular flexibility index (Phi) is 4.11. The quantitative estimate of drug-likeness (QED) is 0.756. The lowest BCUT2D eigenvalue weighted by atomic mass is 10.0. The molecule has 16 heavy (non-hydrogen) atoms. The molecule has 1 aromatic rings. The molecule has 1 aliphatic heterocycles. The molecule has 0 radical (unpaired) electrons. The Hall–Kier alpha value is -0.250. The maximum Gasteiger partial charge on any atom is 0.264 e. The molecular formula is C11H13Cl2NOS. The van der Waals surface area contributed by atoms with Crippen molar-refractivity contribution >= 4 is 40.4 Å². The summed E-state index contributed by atoms with van der Waals surface area (Å²) >= 11 is 13.1. The Balaban J connectivity index is 2.13. The maximum atomic E-state index is 12.2. The molecule has 5 heteroatoms. The van der Waals surface area contributed by atoms with Gasteiger partial charge in [-0.3, -0.25) is 4.79 Å². The van der Waals surface area contributed by atoms with Crippen molar-refractivity contribution in [1.82, 2.24) is 4.90 Å². The molecule has 1 saturated heterocycles. The minimum atomic E-state index is 0.0715. The summed E-state index contributed by atoms with van der Waals surface area (Å²) in [4.78, 5) is 14.8. The third-order valence-corrected chi connectivity index (χ3v) is 4.43. The Bertz CT molecular complexity index is 380. The van der Waals surface area contributed by atoms with Crippen molar-refractivity contribution in [2.45, 2.75) is 25.3 Å². The average Bonchev–Trinajstić information content (AvgIpc) is 2.75. The molecular weight excluding hydrogens is 265 g/mol. The number of alkyl halides is 1. The summed E-state index contributed by atoms with van der Waals surface area (Å²) in [7, 11) is 0. The summed E-state index contributed by atoms with van der Waals surface area (Å²) < 4.78 is 0.655. The first-order valence-corrected chi connectivity index (χ1v) is 7.07. The molecule has 2 rings (SSSR count). The minimum Gasteiger partial charge on any atom is -0.334 e. The number of hydrogen-bond donors (Lipinski definition) is 0. The van der Waals surface area contributed by atoms with E-state index in [9.17, 15) is 4.79 Å². The van der Waals surface area contributed by atoms with Gasteiger partial charge >= 0.3 is 0 Å². The zero-order chi connectivity index (χ0) is 11.5. The van der Waals surface area contributed by atoms with E-state index in [0.717, 1.165) is 25.8 Å². The van der Waals surface area contributed by atoms with Gasteiger partial charge in [-0.15, -0.1) is 22.9 Å². The Morgan fingerprint density at radius 2 is 2.31 bits per heavy atom. The molecule has 2 heterocycles. The first kappa shape index (κ1) is 12.2. The van der Waals surface area contributed by atoms with Crippen LogP contribution in [0.3, 0.4) is 0 Å². The highest BCUT2D eigenvalue weighted by molar-refractivity contribution is 7.17. The average molecular weight is 278 g/mol. The molecule has 0 saturated carbocycles. The first-order valence-electron chi connectivity index (χ1n) is 5.34. The normalized spacial score (nSPS) is 21.1. The predicted octanol–water partition coefficient (Wildman–Crippen LogP) is 3.64. The fourth-order valence-corrected chi connectivity index (χ4v) is 3.32. The molecule has 0 aliphatic carbocycles. The van der Waals surface area contributed by atoms with Gasteiger partial charge in [0.1, 0.15) is 0 Å². The molecule has 1 atom stereocenters. The van der Waals surface area contributed by atoms with E-state index < -0.39 is 0 Å².